The van der Waals surface area contributed by atoms with Gasteiger partial charge in [0, 0.05) is 10.5 Å². The molecule has 0 saturated heterocycles. The SMILES string of the molecule is C#C[CH]c1cccc(Oc2cccc(Br)c2)n1. The van der Waals surface area contributed by atoms with E-state index in [2.05, 4.69) is 26.8 Å². The van der Waals surface area contributed by atoms with Gasteiger partial charge in [-0.1, -0.05) is 34.0 Å². The van der Waals surface area contributed by atoms with Crippen molar-refractivity contribution >= 4 is 15.9 Å². The fourth-order valence-electron chi connectivity index (χ4n) is 1.30. The van der Waals surface area contributed by atoms with Gasteiger partial charge >= 0.3 is 0 Å². The molecule has 83 valence electrons. The molecule has 0 fully saturated rings. The molecular weight excluding hydrogens is 278 g/mol. The first-order chi connectivity index (χ1) is 8.28. The van der Waals surface area contributed by atoms with E-state index in [1.54, 1.807) is 12.5 Å². The maximum Gasteiger partial charge on any atom is 0.219 e. The molecule has 1 aromatic heterocycles. The monoisotopic (exact) mass is 286 g/mol. The van der Waals surface area contributed by atoms with Crippen LogP contribution in [-0.2, 0) is 0 Å². The number of rotatable bonds is 3. The van der Waals surface area contributed by atoms with Crippen LogP contribution in [0.1, 0.15) is 5.69 Å². The summed E-state index contributed by atoms with van der Waals surface area (Å²) in [6.07, 6.45) is 6.78. The molecule has 17 heavy (non-hydrogen) atoms. The Hall–Kier alpha value is -1.79. The second-order valence-electron chi connectivity index (χ2n) is 3.27. The van der Waals surface area contributed by atoms with Crippen LogP contribution in [0.5, 0.6) is 11.6 Å². The third kappa shape index (κ3) is 3.33. The lowest BCUT2D eigenvalue weighted by Gasteiger charge is -2.05. The maximum atomic E-state index is 5.62. The molecule has 0 bridgehead atoms. The van der Waals surface area contributed by atoms with Gasteiger partial charge in [-0.15, -0.1) is 6.42 Å². The van der Waals surface area contributed by atoms with Crippen LogP contribution >= 0.6 is 15.9 Å². The molecule has 0 spiro atoms. The van der Waals surface area contributed by atoms with Crippen molar-refractivity contribution in [3.63, 3.8) is 0 Å². The number of halogens is 1. The summed E-state index contributed by atoms with van der Waals surface area (Å²) in [7, 11) is 0. The minimum absolute atomic E-state index is 0.520. The summed E-state index contributed by atoms with van der Waals surface area (Å²) in [6, 6.07) is 13.0. The highest BCUT2D eigenvalue weighted by molar-refractivity contribution is 9.10. The summed E-state index contributed by atoms with van der Waals surface area (Å²) in [5.74, 6) is 3.68. The van der Waals surface area contributed by atoms with Crippen LogP contribution in [0.15, 0.2) is 46.9 Å². The average molecular weight is 287 g/mol. The molecule has 0 N–H and O–H groups in total. The minimum atomic E-state index is 0.520. The van der Waals surface area contributed by atoms with E-state index in [4.69, 9.17) is 11.2 Å². The van der Waals surface area contributed by atoms with E-state index < -0.39 is 0 Å². The summed E-state index contributed by atoms with van der Waals surface area (Å²) in [5, 5.41) is 0. The van der Waals surface area contributed by atoms with Gasteiger partial charge in [-0.2, -0.15) is 0 Å². The van der Waals surface area contributed by atoms with Crippen molar-refractivity contribution in [1.29, 1.82) is 0 Å². The molecule has 0 aliphatic carbocycles. The molecule has 1 heterocycles. The summed E-state index contributed by atoms with van der Waals surface area (Å²) in [6.45, 7) is 0. The minimum Gasteiger partial charge on any atom is -0.439 e. The second-order valence-corrected chi connectivity index (χ2v) is 4.19. The molecular formula is C14H9BrNO. The van der Waals surface area contributed by atoms with Gasteiger partial charge < -0.3 is 4.74 Å². The van der Waals surface area contributed by atoms with Crippen molar-refractivity contribution in [3.05, 3.63) is 59.1 Å². The van der Waals surface area contributed by atoms with Crippen molar-refractivity contribution in [3.8, 4) is 24.0 Å². The van der Waals surface area contributed by atoms with Crippen LogP contribution in [0.4, 0.5) is 0 Å². The molecule has 0 atom stereocenters. The first kappa shape index (κ1) is 11.7. The molecule has 0 saturated carbocycles. The number of hydrogen-bond acceptors (Lipinski definition) is 2. The van der Waals surface area contributed by atoms with Crippen LogP contribution < -0.4 is 4.74 Å². The van der Waals surface area contributed by atoms with Gasteiger partial charge in [-0.25, -0.2) is 4.98 Å². The lowest BCUT2D eigenvalue weighted by molar-refractivity contribution is 0.462. The van der Waals surface area contributed by atoms with Gasteiger partial charge in [0.25, 0.3) is 0 Å². The Morgan fingerprint density at radius 3 is 2.82 bits per heavy atom. The summed E-state index contributed by atoms with van der Waals surface area (Å²) in [4.78, 5) is 4.25. The molecule has 2 aromatic rings. The van der Waals surface area contributed by atoms with Crippen molar-refractivity contribution < 1.29 is 4.74 Å². The van der Waals surface area contributed by atoms with Crippen LogP contribution in [0.3, 0.4) is 0 Å². The maximum absolute atomic E-state index is 5.62. The van der Waals surface area contributed by atoms with Crippen LogP contribution in [0.25, 0.3) is 0 Å². The lowest BCUT2D eigenvalue weighted by atomic mass is 10.3. The number of nitrogens with zero attached hydrogens (tertiary/aromatic N) is 1. The standard InChI is InChI=1S/C14H9BrNO/c1-2-5-12-7-4-9-14(16-12)17-13-8-3-6-11(15)10-13/h1,3-10H. The van der Waals surface area contributed by atoms with Crippen molar-refractivity contribution in [2.24, 2.45) is 0 Å². The normalized spacial score (nSPS) is 9.65. The molecule has 2 nitrogen and oxygen atoms in total. The molecule has 0 unspecified atom stereocenters. The van der Waals surface area contributed by atoms with Crippen LogP contribution in [0, 0.1) is 18.8 Å². The van der Waals surface area contributed by atoms with Gasteiger partial charge in [0.15, 0.2) is 0 Å². The van der Waals surface area contributed by atoms with Crippen LogP contribution in [0.2, 0.25) is 0 Å². The summed E-state index contributed by atoms with van der Waals surface area (Å²) >= 11 is 3.38. The third-order valence-electron chi connectivity index (χ3n) is 1.99. The zero-order valence-electron chi connectivity index (χ0n) is 8.93. The van der Waals surface area contributed by atoms with E-state index in [0.717, 1.165) is 10.2 Å². The first-order valence-electron chi connectivity index (χ1n) is 4.98. The topological polar surface area (TPSA) is 22.1 Å². The number of hydrogen-bond donors (Lipinski definition) is 0. The number of pyridine rings is 1. The second kappa shape index (κ2) is 5.51. The number of benzene rings is 1. The predicted molar refractivity (Wildman–Crippen MR) is 70.7 cm³/mol. The molecule has 0 amide bonds. The average Bonchev–Trinajstić information content (AvgIpc) is 2.30. The summed E-state index contributed by atoms with van der Waals surface area (Å²) < 4.78 is 6.58. The van der Waals surface area contributed by atoms with Gasteiger partial charge in [0.1, 0.15) is 5.75 Å². The van der Waals surface area contributed by atoms with Gasteiger partial charge in [-0.3, -0.25) is 0 Å². The Labute approximate surface area is 109 Å². The highest BCUT2D eigenvalue weighted by atomic mass is 79.9. The van der Waals surface area contributed by atoms with Crippen molar-refractivity contribution in [2.75, 3.05) is 0 Å². The summed E-state index contributed by atoms with van der Waals surface area (Å²) in [5.41, 5.74) is 0.708. The van der Waals surface area contributed by atoms with Gasteiger partial charge in [-0.05, 0) is 24.3 Å². The number of aromatic nitrogens is 1. The van der Waals surface area contributed by atoms with E-state index in [1.165, 1.54) is 0 Å². The van der Waals surface area contributed by atoms with E-state index in [0.29, 0.717) is 11.6 Å². The van der Waals surface area contributed by atoms with Crippen LogP contribution in [-0.4, -0.2) is 4.98 Å². The lowest BCUT2D eigenvalue weighted by Crippen LogP contribution is -1.91. The highest BCUT2D eigenvalue weighted by Gasteiger charge is 2.00. The Morgan fingerprint density at radius 1 is 1.24 bits per heavy atom. The fraction of sp³-hybridized carbons (Fsp3) is 0. The van der Waals surface area contributed by atoms with Crippen molar-refractivity contribution in [1.82, 2.24) is 4.98 Å². The third-order valence-corrected chi connectivity index (χ3v) is 2.49. The van der Waals surface area contributed by atoms with E-state index in [1.807, 2.05) is 36.4 Å². The fourth-order valence-corrected chi connectivity index (χ4v) is 1.68. The van der Waals surface area contributed by atoms with Gasteiger partial charge in [0.05, 0.1) is 12.1 Å². The Kier molecular flexibility index (Phi) is 3.79. The van der Waals surface area contributed by atoms with Crippen molar-refractivity contribution in [2.45, 2.75) is 0 Å². The van der Waals surface area contributed by atoms with E-state index >= 15 is 0 Å². The molecule has 2 rings (SSSR count). The number of terminal acetylenes is 1. The highest BCUT2D eigenvalue weighted by Crippen LogP contribution is 2.23. The predicted octanol–water partition coefficient (Wildman–Crippen LogP) is 3.82. The smallest absolute Gasteiger partial charge is 0.219 e. The molecule has 1 radical (unpaired) electrons. The van der Waals surface area contributed by atoms with Gasteiger partial charge in [0.2, 0.25) is 5.88 Å². The molecule has 3 heteroatoms. The molecule has 0 aliphatic heterocycles. The molecule has 1 aromatic carbocycles. The zero-order chi connectivity index (χ0) is 12.1. The zero-order valence-corrected chi connectivity index (χ0v) is 10.5. The Balaban J connectivity index is 2.19. The largest absolute Gasteiger partial charge is 0.439 e. The Bertz CT molecular complexity index is 560. The first-order valence-corrected chi connectivity index (χ1v) is 5.77. The molecule has 0 aliphatic rings. The number of ether oxygens (including phenoxy) is 1. The quantitative estimate of drug-likeness (QED) is 0.801. The van der Waals surface area contributed by atoms with E-state index in [-0.39, 0.29) is 0 Å². The Morgan fingerprint density at radius 2 is 2.06 bits per heavy atom. The van der Waals surface area contributed by atoms with E-state index in [9.17, 15) is 0 Å².